The summed E-state index contributed by atoms with van der Waals surface area (Å²) in [6, 6.07) is 10.0. The van der Waals surface area contributed by atoms with Crippen LogP contribution >= 0.6 is 0 Å². The number of halogens is 2. The number of likely N-dealkylation sites (tertiary alicyclic amines) is 1. The van der Waals surface area contributed by atoms with Crippen molar-refractivity contribution in [1.29, 1.82) is 0 Å². The van der Waals surface area contributed by atoms with Gasteiger partial charge in [0.15, 0.2) is 0 Å². The van der Waals surface area contributed by atoms with Crippen molar-refractivity contribution < 1.29 is 18.7 Å². The molecule has 1 N–H and O–H groups in total. The van der Waals surface area contributed by atoms with Crippen LogP contribution in [0.2, 0.25) is 0 Å². The van der Waals surface area contributed by atoms with Crippen LogP contribution in [0.15, 0.2) is 42.5 Å². The first-order valence-corrected chi connectivity index (χ1v) is 8.18. The fourth-order valence-corrected chi connectivity index (χ4v) is 3.38. The average Bonchev–Trinajstić information content (AvgIpc) is 2.97. The molecule has 1 heterocycles. The highest BCUT2D eigenvalue weighted by atomic mass is 19.1. The smallest absolute Gasteiger partial charge is 0.411 e. The molecule has 0 spiro atoms. The third-order valence-electron chi connectivity index (χ3n) is 4.53. The Kier molecular flexibility index (Phi) is 4.99. The van der Waals surface area contributed by atoms with Gasteiger partial charge in [-0.25, -0.2) is 13.6 Å². The van der Waals surface area contributed by atoms with Crippen molar-refractivity contribution in [1.82, 2.24) is 4.90 Å². The molecular formula is C19H20F2N2O2. The van der Waals surface area contributed by atoms with Gasteiger partial charge in [0.25, 0.3) is 0 Å². The van der Waals surface area contributed by atoms with Crippen molar-refractivity contribution in [3.05, 3.63) is 54.1 Å². The Morgan fingerprint density at radius 1 is 1.24 bits per heavy atom. The Hall–Kier alpha value is -2.47. The maximum atomic E-state index is 13.6. The van der Waals surface area contributed by atoms with Crippen LogP contribution in [0, 0.1) is 17.6 Å². The molecule has 1 atom stereocenters. The average molecular weight is 346 g/mol. The molecule has 1 unspecified atom stereocenters. The number of anilines is 1. The Morgan fingerprint density at radius 2 is 1.92 bits per heavy atom. The molecule has 1 fully saturated rings. The van der Waals surface area contributed by atoms with Crippen LogP contribution in [0.3, 0.4) is 0 Å². The van der Waals surface area contributed by atoms with Crippen molar-refractivity contribution >= 4 is 11.8 Å². The van der Waals surface area contributed by atoms with Gasteiger partial charge in [-0.05, 0) is 49.7 Å². The predicted molar refractivity (Wildman–Crippen MR) is 92.8 cm³/mol. The predicted octanol–water partition coefficient (Wildman–Crippen LogP) is 4.07. The monoisotopic (exact) mass is 346 g/mol. The number of hydrogen-bond acceptors (Lipinski definition) is 2. The van der Waals surface area contributed by atoms with Crippen molar-refractivity contribution in [3.8, 4) is 11.1 Å². The second kappa shape index (κ2) is 7.19. The zero-order valence-electron chi connectivity index (χ0n) is 14.0. The minimum atomic E-state index is -1.07. The van der Waals surface area contributed by atoms with Crippen molar-refractivity contribution in [2.75, 3.05) is 31.6 Å². The Bertz CT molecular complexity index is 762. The summed E-state index contributed by atoms with van der Waals surface area (Å²) in [6.07, 6.45) is -0.143. The van der Waals surface area contributed by atoms with Crippen LogP contribution < -0.4 is 4.90 Å². The molecule has 1 saturated heterocycles. The van der Waals surface area contributed by atoms with Gasteiger partial charge in [0.2, 0.25) is 0 Å². The zero-order chi connectivity index (χ0) is 18.0. The number of benzene rings is 2. The lowest BCUT2D eigenvalue weighted by Gasteiger charge is -2.25. The lowest BCUT2D eigenvalue weighted by Crippen LogP contribution is -2.35. The van der Waals surface area contributed by atoms with Gasteiger partial charge in [0.05, 0.1) is 5.69 Å². The molecule has 25 heavy (non-hydrogen) atoms. The number of amides is 1. The highest BCUT2D eigenvalue weighted by Crippen LogP contribution is 2.33. The van der Waals surface area contributed by atoms with Crippen LogP contribution in [0.5, 0.6) is 0 Å². The van der Waals surface area contributed by atoms with E-state index in [9.17, 15) is 18.7 Å². The summed E-state index contributed by atoms with van der Waals surface area (Å²) in [5.74, 6) is -1.15. The third-order valence-corrected chi connectivity index (χ3v) is 4.53. The molecule has 2 aromatic carbocycles. The van der Waals surface area contributed by atoms with Crippen LogP contribution in [0.1, 0.15) is 6.42 Å². The van der Waals surface area contributed by atoms with Gasteiger partial charge in [0.1, 0.15) is 11.6 Å². The zero-order valence-corrected chi connectivity index (χ0v) is 14.0. The summed E-state index contributed by atoms with van der Waals surface area (Å²) in [5.41, 5.74) is 1.26. The quantitative estimate of drug-likeness (QED) is 0.908. The van der Waals surface area contributed by atoms with Gasteiger partial charge >= 0.3 is 6.09 Å². The number of hydrogen-bond donors (Lipinski definition) is 1. The molecule has 2 aromatic rings. The van der Waals surface area contributed by atoms with E-state index in [2.05, 4.69) is 4.90 Å². The van der Waals surface area contributed by atoms with Crippen molar-refractivity contribution in [3.63, 3.8) is 0 Å². The van der Waals surface area contributed by atoms with E-state index < -0.39 is 17.7 Å². The summed E-state index contributed by atoms with van der Waals surface area (Å²) in [4.78, 5) is 15.3. The number of nitrogens with zero attached hydrogens (tertiary/aromatic N) is 2. The van der Waals surface area contributed by atoms with E-state index in [0.717, 1.165) is 25.6 Å². The summed E-state index contributed by atoms with van der Waals surface area (Å²) >= 11 is 0. The van der Waals surface area contributed by atoms with Crippen molar-refractivity contribution in [2.24, 2.45) is 5.92 Å². The largest absolute Gasteiger partial charge is 0.465 e. The number of para-hydroxylation sites is 1. The molecule has 4 nitrogen and oxygen atoms in total. The highest BCUT2D eigenvalue weighted by molar-refractivity contribution is 5.92. The van der Waals surface area contributed by atoms with Gasteiger partial charge in [0, 0.05) is 24.7 Å². The second-order valence-electron chi connectivity index (χ2n) is 6.49. The molecule has 0 bridgehead atoms. The van der Waals surface area contributed by atoms with Crippen LogP contribution in [-0.4, -0.2) is 42.8 Å². The topological polar surface area (TPSA) is 43.8 Å². The number of carboxylic acid groups (broad SMARTS) is 1. The minimum Gasteiger partial charge on any atom is -0.465 e. The fourth-order valence-electron chi connectivity index (χ4n) is 3.38. The molecule has 0 saturated carbocycles. The van der Waals surface area contributed by atoms with E-state index in [1.807, 2.05) is 7.05 Å². The Morgan fingerprint density at radius 3 is 2.52 bits per heavy atom. The number of rotatable bonds is 4. The first-order valence-electron chi connectivity index (χ1n) is 8.18. The molecule has 3 rings (SSSR count). The van der Waals surface area contributed by atoms with Gasteiger partial charge in [-0.2, -0.15) is 0 Å². The maximum absolute atomic E-state index is 13.6. The molecule has 0 radical (unpaired) electrons. The molecule has 0 aromatic heterocycles. The molecular weight excluding hydrogens is 326 g/mol. The molecule has 1 aliphatic heterocycles. The molecule has 6 heteroatoms. The molecule has 1 aliphatic rings. The summed E-state index contributed by atoms with van der Waals surface area (Å²) in [7, 11) is 2.01. The van der Waals surface area contributed by atoms with Crippen LogP contribution in [0.4, 0.5) is 19.3 Å². The minimum absolute atomic E-state index is 0.235. The van der Waals surface area contributed by atoms with Crippen LogP contribution in [0.25, 0.3) is 11.1 Å². The molecule has 0 aliphatic carbocycles. The SMILES string of the molecule is CN1CCC(CN(C(=O)O)c2ccccc2-c2cc(F)cc(F)c2)C1. The molecule has 132 valence electrons. The van der Waals surface area contributed by atoms with Gasteiger partial charge < -0.3 is 10.0 Å². The normalized spacial score (nSPS) is 17.6. The van der Waals surface area contributed by atoms with E-state index in [-0.39, 0.29) is 5.92 Å². The van der Waals surface area contributed by atoms with Gasteiger partial charge in [-0.15, -0.1) is 0 Å². The summed E-state index contributed by atoms with van der Waals surface area (Å²) in [5, 5.41) is 9.70. The Labute approximate surface area is 145 Å². The maximum Gasteiger partial charge on any atom is 0.411 e. The number of carbonyl (C=O) groups is 1. The lowest BCUT2D eigenvalue weighted by atomic mass is 10.0. The lowest BCUT2D eigenvalue weighted by molar-refractivity contribution is 0.200. The van der Waals surface area contributed by atoms with E-state index in [1.54, 1.807) is 24.3 Å². The third kappa shape index (κ3) is 3.96. The van der Waals surface area contributed by atoms with E-state index in [4.69, 9.17) is 0 Å². The fraction of sp³-hybridized carbons (Fsp3) is 0.316. The second-order valence-corrected chi connectivity index (χ2v) is 6.49. The molecule has 1 amide bonds. The van der Waals surface area contributed by atoms with E-state index in [1.165, 1.54) is 17.0 Å². The van der Waals surface area contributed by atoms with Crippen molar-refractivity contribution in [2.45, 2.75) is 6.42 Å². The van der Waals surface area contributed by atoms with Gasteiger partial charge in [-0.3, -0.25) is 4.90 Å². The summed E-state index contributed by atoms with van der Waals surface area (Å²) < 4.78 is 27.2. The first-order chi connectivity index (χ1) is 11.9. The van der Waals surface area contributed by atoms with Crippen LogP contribution in [-0.2, 0) is 0 Å². The highest BCUT2D eigenvalue weighted by Gasteiger charge is 2.26. The van der Waals surface area contributed by atoms with Gasteiger partial charge in [-0.1, -0.05) is 18.2 Å². The standard InChI is InChI=1S/C19H20F2N2O2/c1-22-7-6-13(11-22)12-23(19(24)25)18-5-3-2-4-17(18)14-8-15(20)10-16(21)9-14/h2-5,8-10,13H,6-7,11-12H2,1H3,(H,24,25). The Balaban J connectivity index is 1.98. The first kappa shape index (κ1) is 17.4. The van der Waals surface area contributed by atoms with E-state index >= 15 is 0 Å². The summed E-state index contributed by atoms with van der Waals surface area (Å²) in [6.45, 7) is 2.13. The van der Waals surface area contributed by atoms with E-state index in [0.29, 0.717) is 23.4 Å².